The van der Waals surface area contributed by atoms with E-state index in [0.717, 1.165) is 28.3 Å². The molecule has 4 aromatic carbocycles. The van der Waals surface area contributed by atoms with E-state index in [1.807, 2.05) is 78.1 Å². The Hall–Kier alpha value is -4.42. The number of nitrogens with one attached hydrogen (secondary N) is 2. The van der Waals surface area contributed by atoms with Gasteiger partial charge in [-0.25, -0.2) is 4.79 Å². The van der Waals surface area contributed by atoms with Crippen LogP contribution in [-0.4, -0.2) is 34.0 Å². The van der Waals surface area contributed by atoms with Gasteiger partial charge in [-0.3, -0.25) is 0 Å². The summed E-state index contributed by atoms with van der Waals surface area (Å²) < 4.78 is 11.0. The lowest BCUT2D eigenvalue weighted by Gasteiger charge is -2.23. The minimum atomic E-state index is -0.365. The van der Waals surface area contributed by atoms with Crippen LogP contribution in [0.2, 0.25) is 0 Å². The summed E-state index contributed by atoms with van der Waals surface area (Å²) in [5.41, 5.74) is 7.28. The van der Waals surface area contributed by atoms with Crippen LogP contribution < -0.4 is 20.1 Å². The second-order valence-electron chi connectivity index (χ2n) is 11.4. The molecule has 6 heteroatoms. The van der Waals surface area contributed by atoms with E-state index in [4.69, 9.17) is 14.3 Å². The first-order valence-electron chi connectivity index (χ1n) is 16.1. The molecule has 0 saturated heterocycles. The van der Waals surface area contributed by atoms with Crippen molar-refractivity contribution in [2.24, 2.45) is 0 Å². The molecule has 2 N–H and O–H groups in total. The zero-order chi connectivity index (χ0) is 36.4. The van der Waals surface area contributed by atoms with Gasteiger partial charge in [-0.1, -0.05) is 108 Å². The molecule has 0 saturated carbocycles. The number of esters is 1. The Kier molecular flexibility index (Phi) is 24.5. The Morgan fingerprint density at radius 1 is 0.702 bits per heavy atom. The molecule has 47 heavy (non-hydrogen) atoms. The summed E-state index contributed by atoms with van der Waals surface area (Å²) in [6.07, 6.45) is 1.25. The molecule has 0 heterocycles. The standard InChI is InChI=1S/C25H27NO3.C8H10.C3H8.C2H7N.C2H6.CH2O/c1-17-6-8-18(9-7-17)24(27)29-21-13-10-19(11-14-21)26-20-12-15-23(28-5)22(16-20)25(2,3)4;1-7-3-5-8(2)6-4-7;2*1-3-2;2*1-2/h6-16,26H,1-5H3;3-6H,1-2H3;3H2,1-2H3;3H,1-2H3;1-2H3;1H2. The minimum absolute atomic E-state index is 0.0307. The van der Waals surface area contributed by atoms with E-state index in [-0.39, 0.29) is 11.4 Å². The number of methoxy groups -OCH3 is 1. The number of carbonyl (C=O) groups is 2. The topological polar surface area (TPSA) is 76.7 Å². The van der Waals surface area contributed by atoms with E-state index < -0.39 is 0 Å². The van der Waals surface area contributed by atoms with Crippen LogP contribution in [0, 0.1) is 20.8 Å². The van der Waals surface area contributed by atoms with Crippen molar-refractivity contribution in [3.8, 4) is 11.5 Å². The second kappa shape index (κ2) is 25.7. The molecular formula is C41H60N2O4. The summed E-state index contributed by atoms with van der Waals surface area (Å²) in [6.45, 7) is 22.9. The number of carbonyl (C=O) groups excluding carboxylic acids is 2. The Labute approximate surface area is 285 Å². The highest BCUT2D eigenvalue weighted by Gasteiger charge is 2.19. The van der Waals surface area contributed by atoms with Crippen molar-refractivity contribution in [3.05, 3.63) is 119 Å². The molecule has 0 radical (unpaired) electrons. The molecule has 258 valence electrons. The van der Waals surface area contributed by atoms with Gasteiger partial charge in [0.1, 0.15) is 18.3 Å². The van der Waals surface area contributed by atoms with E-state index in [0.29, 0.717) is 11.3 Å². The van der Waals surface area contributed by atoms with Crippen LogP contribution in [0.1, 0.15) is 87.5 Å². The normalized spacial score (nSPS) is 9.38. The molecule has 0 atom stereocenters. The van der Waals surface area contributed by atoms with Crippen molar-refractivity contribution in [3.63, 3.8) is 0 Å². The quantitative estimate of drug-likeness (QED) is 0.166. The lowest BCUT2D eigenvalue weighted by molar-refractivity contribution is -0.0980. The Morgan fingerprint density at radius 3 is 1.47 bits per heavy atom. The molecule has 0 aromatic heterocycles. The van der Waals surface area contributed by atoms with Gasteiger partial charge in [0.25, 0.3) is 0 Å². The van der Waals surface area contributed by atoms with Crippen molar-refractivity contribution in [2.45, 2.75) is 81.1 Å². The van der Waals surface area contributed by atoms with E-state index in [1.165, 1.54) is 17.5 Å². The van der Waals surface area contributed by atoms with Gasteiger partial charge in [-0.05, 0) is 94.9 Å². The lowest BCUT2D eigenvalue weighted by atomic mass is 9.86. The first-order chi connectivity index (χ1) is 22.4. The third kappa shape index (κ3) is 19.0. The van der Waals surface area contributed by atoms with Crippen molar-refractivity contribution < 1.29 is 19.1 Å². The van der Waals surface area contributed by atoms with Crippen molar-refractivity contribution in [1.29, 1.82) is 0 Å². The number of hydrogen-bond donors (Lipinski definition) is 2. The van der Waals surface area contributed by atoms with E-state index in [1.54, 1.807) is 31.4 Å². The molecule has 0 amide bonds. The second-order valence-corrected chi connectivity index (χ2v) is 11.4. The van der Waals surface area contributed by atoms with Crippen LogP contribution in [-0.2, 0) is 10.2 Å². The number of hydrogen-bond acceptors (Lipinski definition) is 6. The van der Waals surface area contributed by atoms with Gasteiger partial charge < -0.3 is 24.9 Å². The molecule has 0 aliphatic rings. The fourth-order valence-corrected chi connectivity index (χ4v) is 3.64. The van der Waals surface area contributed by atoms with Crippen LogP contribution in [0.15, 0.2) is 91.0 Å². The van der Waals surface area contributed by atoms with E-state index >= 15 is 0 Å². The van der Waals surface area contributed by atoms with Crippen LogP contribution >= 0.6 is 0 Å². The van der Waals surface area contributed by atoms with Crippen LogP contribution in [0.5, 0.6) is 11.5 Å². The van der Waals surface area contributed by atoms with E-state index in [9.17, 15) is 4.79 Å². The first kappa shape index (κ1) is 44.7. The number of ether oxygens (including phenoxy) is 2. The van der Waals surface area contributed by atoms with Gasteiger partial charge >= 0.3 is 5.97 Å². The van der Waals surface area contributed by atoms with Crippen molar-refractivity contribution in [2.75, 3.05) is 26.5 Å². The molecule has 4 rings (SSSR count). The number of anilines is 2. The predicted molar refractivity (Wildman–Crippen MR) is 203 cm³/mol. The zero-order valence-corrected chi connectivity index (χ0v) is 31.2. The van der Waals surface area contributed by atoms with Crippen molar-refractivity contribution >= 4 is 24.1 Å². The Bertz CT molecular complexity index is 1340. The summed E-state index contributed by atoms with van der Waals surface area (Å²) in [4.78, 5) is 20.2. The molecule has 0 bridgehead atoms. The molecule has 4 aromatic rings. The predicted octanol–water partition coefficient (Wildman–Crippen LogP) is 10.7. The highest BCUT2D eigenvalue weighted by Crippen LogP contribution is 2.34. The number of aryl methyl sites for hydroxylation is 3. The summed E-state index contributed by atoms with van der Waals surface area (Å²) in [5.74, 6) is 1.02. The maximum absolute atomic E-state index is 12.2. The van der Waals surface area contributed by atoms with Crippen molar-refractivity contribution in [1.82, 2.24) is 5.32 Å². The monoisotopic (exact) mass is 644 g/mol. The third-order valence-corrected chi connectivity index (χ3v) is 5.87. The molecule has 0 aliphatic heterocycles. The maximum atomic E-state index is 12.2. The average molecular weight is 645 g/mol. The minimum Gasteiger partial charge on any atom is -0.496 e. The largest absolute Gasteiger partial charge is 0.496 e. The van der Waals surface area contributed by atoms with Crippen LogP contribution in [0.4, 0.5) is 11.4 Å². The van der Waals surface area contributed by atoms with Gasteiger partial charge in [0.05, 0.1) is 12.7 Å². The van der Waals surface area contributed by atoms with Gasteiger partial charge in [0.2, 0.25) is 0 Å². The van der Waals surface area contributed by atoms with Crippen LogP contribution in [0.3, 0.4) is 0 Å². The molecule has 0 unspecified atom stereocenters. The highest BCUT2D eigenvalue weighted by atomic mass is 16.5. The SMILES string of the molecule is C=O.CC.CCC.CNC.COc1ccc(Nc2ccc(OC(=O)c3ccc(C)cc3)cc2)cc1C(C)(C)C.Cc1ccc(C)cc1. The van der Waals surface area contributed by atoms with Gasteiger partial charge in [0, 0.05) is 16.9 Å². The number of benzene rings is 4. The van der Waals surface area contributed by atoms with Gasteiger partial charge in [-0.15, -0.1) is 0 Å². The Morgan fingerprint density at radius 2 is 1.09 bits per heavy atom. The fourth-order valence-electron chi connectivity index (χ4n) is 3.64. The summed E-state index contributed by atoms with van der Waals surface area (Å²) >= 11 is 0. The Balaban J connectivity index is 0. The van der Waals surface area contributed by atoms with E-state index in [2.05, 4.69) is 89.4 Å². The van der Waals surface area contributed by atoms with Gasteiger partial charge in [0.15, 0.2) is 0 Å². The molecule has 6 nitrogen and oxygen atoms in total. The summed E-state index contributed by atoms with van der Waals surface area (Å²) in [5, 5.41) is 6.14. The molecular weight excluding hydrogens is 584 g/mol. The highest BCUT2D eigenvalue weighted by molar-refractivity contribution is 5.91. The average Bonchev–Trinajstić information content (AvgIpc) is 3.06. The smallest absolute Gasteiger partial charge is 0.343 e. The summed E-state index contributed by atoms with van der Waals surface area (Å²) in [6, 6.07) is 29.2. The summed E-state index contributed by atoms with van der Waals surface area (Å²) in [7, 11) is 5.44. The zero-order valence-electron chi connectivity index (χ0n) is 31.2. The molecule has 0 fully saturated rings. The molecule has 0 spiro atoms. The lowest BCUT2D eigenvalue weighted by Crippen LogP contribution is -2.13. The third-order valence-electron chi connectivity index (χ3n) is 5.87. The maximum Gasteiger partial charge on any atom is 0.343 e. The van der Waals surface area contributed by atoms with Gasteiger partial charge in [-0.2, -0.15) is 0 Å². The number of rotatable bonds is 5. The molecule has 0 aliphatic carbocycles. The fraction of sp³-hybridized carbons (Fsp3) is 0.366. The first-order valence-corrected chi connectivity index (χ1v) is 16.1. The van der Waals surface area contributed by atoms with Crippen LogP contribution in [0.25, 0.3) is 0 Å².